The molecule has 0 unspecified atom stereocenters. The first kappa shape index (κ1) is 22.0. The number of ether oxygens (including phenoxy) is 1. The lowest BCUT2D eigenvalue weighted by molar-refractivity contribution is 0.0393. The minimum absolute atomic E-state index is 0.722. The molecule has 1 fully saturated rings. The quantitative estimate of drug-likeness (QED) is 0.511. The van der Waals surface area contributed by atoms with Crippen molar-refractivity contribution in [2.45, 2.75) is 13.8 Å². The molecule has 0 aliphatic carbocycles. The standard InChI is InChI=1S/C24H27ClN4OS/c1-18-3-4-21(19(2)15-18)16-27-29-23(20-5-7-22(25)8-6-20)17-31-24(29)26-9-10-28-11-13-30-14-12-28/h3-8,15-17H,9-14H2,1-2H3/b26-24?,27-16+. The summed E-state index contributed by atoms with van der Waals surface area (Å²) in [6, 6.07) is 14.2. The minimum atomic E-state index is 0.722. The highest BCUT2D eigenvalue weighted by Crippen LogP contribution is 2.22. The number of morpholine rings is 1. The van der Waals surface area contributed by atoms with Crippen LogP contribution in [0.15, 0.2) is 57.9 Å². The minimum Gasteiger partial charge on any atom is -0.379 e. The fourth-order valence-corrected chi connectivity index (χ4v) is 4.53. The van der Waals surface area contributed by atoms with Crippen LogP contribution in [0.3, 0.4) is 0 Å². The maximum absolute atomic E-state index is 6.09. The number of rotatable bonds is 6. The third-order valence-corrected chi connectivity index (χ3v) is 6.44. The molecule has 1 aliphatic rings. The largest absolute Gasteiger partial charge is 0.379 e. The van der Waals surface area contributed by atoms with Crippen molar-refractivity contribution >= 4 is 29.2 Å². The van der Waals surface area contributed by atoms with Crippen LogP contribution in [0.2, 0.25) is 5.02 Å². The van der Waals surface area contributed by atoms with Gasteiger partial charge in [0.15, 0.2) is 0 Å². The molecule has 1 aliphatic heterocycles. The Hall–Kier alpha value is -2.25. The molecule has 0 amide bonds. The van der Waals surface area contributed by atoms with Gasteiger partial charge in [0, 0.05) is 35.6 Å². The number of benzene rings is 2. The van der Waals surface area contributed by atoms with E-state index >= 15 is 0 Å². The van der Waals surface area contributed by atoms with Crippen LogP contribution in [0, 0.1) is 13.8 Å². The van der Waals surface area contributed by atoms with Gasteiger partial charge in [-0.1, -0.05) is 47.5 Å². The van der Waals surface area contributed by atoms with Crippen LogP contribution in [0.1, 0.15) is 16.7 Å². The first-order valence-electron chi connectivity index (χ1n) is 10.5. The average molecular weight is 455 g/mol. The van der Waals surface area contributed by atoms with Gasteiger partial charge in [0.1, 0.15) is 0 Å². The fraction of sp³-hybridized carbons (Fsp3) is 0.333. The normalized spacial score (nSPS) is 15.8. The summed E-state index contributed by atoms with van der Waals surface area (Å²) in [5.41, 5.74) is 5.63. The lowest BCUT2D eigenvalue weighted by Crippen LogP contribution is -2.38. The molecule has 1 saturated heterocycles. The van der Waals surface area contributed by atoms with Crippen LogP contribution in [-0.4, -0.2) is 55.2 Å². The number of aryl methyl sites for hydroxylation is 2. The first-order chi connectivity index (χ1) is 15.1. The second-order valence-corrected chi connectivity index (χ2v) is 8.94. The molecular weight excluding hydrogens is 428 g/mol. The second kappa shape index (κ2) is 10.4. The SMILES string of the molecule is Cc1ccc(/C=N/n2c(-c3ccc(Cl)cc3)csc2=NCCN2CCOCC2)c(C)c1. The van der Waals surface area contributed by atoms with Crippen LogP contribution >= 0.6 is 22.9 Å². The molecule has 0 atom stereocenters. The van der Waals surface area contributed by atoms with Gasteiger partial charge in [-0.05, 0) is 37.1 Å². The Balaban J connectivity index is 1.65. The molecular formula is C24H27ClN4OS. The van der Waals surface area contributed by atoms with Crippen LogP contribution < -0.4 is 4.80 Å². The van der Waals surface area contributed by atoms with E-state index in [1.807, 2.05) is 35.2 Å². The van der Waals surface area contributed by atoms with Crippen molar-refractivity contribution in [3.05, 3.63) is 74.4 Å². The average Bonchev–Trinajstić information content (AvgIpc) is 3.17. The zero-order valence-corrected chi connectivity index (χ0v) is 19.5. The Kier molecular flexibility index (Phi) is 7.35. The van der Waals surface area contributed by atoms with Crippen molar-refractivity contribution in [3.8, 4) is 11.3 Å². The van der Waals surface area contributed by atoms with E-state index < -0.39 is 0 Å². The molecule has 2 aromatic carbocycles. The zero-order chi connectivity index (χ0) is 21.6. The summed E-state index contributed by atoms with van der Waals surface area (Å²) in [6.07, 6.45) is 1.92. The molecule has 0 saturated carbocycles. The van der Waals surface area contributed by atoms with Gasteiger partial charge in [0.05, 0.1) is 31.7 Å². The van der Waals surface area contributed by atoms with E-state index in [1.54, 1.807) is 11.3 Å². The number of nitrogens with zero attached hydrogens (tertiary/aromatic N) is 4. The third kappa shape index (κ3) is 5.71. The topological polar surface area (TPSA) is 42.1 Å². The van der Waals surface area contributed by atoms with Crippen molar-refractivity contribution in [2.75, 3.05) is 39.4 Å². The molecule has 2 heterocycles. The zero-order valence-electron chi connectivity index (χ0n) is 17.9. The van der Waals surface area contributed by atoms with Crippen molar-refractivity contribution in [1.29, 1.82) is 0 Å². The van der Waals surface area contributed by atoms with Gasteiger partial charge < -0.3 is 4.74 Å². The maximum atomic E-state index is 6.09. The summed E-state index contributed by atoms with van der Waals surface area (Å²) in [7, 11) is 0. The van der Waals surface area contributed by atoms with Gasteiger partial charge in [-0.3, -0.25) is 9.89 Å². The van der Waals surface area contributed by atoms with Crippen molar-refractivity contribution in [3.63, 3.8) is 0 Å². The number of thiazole rings is 1. The molecule has 1 aromatic heterocycles. The molecule has 5 nitrogen and oxygen atoms in total. The van der Waals surface area contributed by atoms with E-state index in [0.29, 0.717) is 0 Å². The van der Waals surface area contributed by atoms with Crippen LogP contribution in [0.5, 0.6) is 0 Å². The van der Waals surface area contributed by atoms with Crippen molar-refractivity contribution in [1.82, 2.24) is 9.58 Å². The number of aromatic nitrogens is 1. The Morgan fingerprint density at radius 2 is 1.87 bits per heavy atom. The van der Waals surface area contributed by atoms with Crippen molar-refractivity contribution in [2.24, 2.45) is 10.1 Å². The number of hydrogen-bond donors (Lipinski definition) is 0. The van der Waals surface area contributed by atoms with Gasteiger partial charge >= 0.3 is 0 Å². The molecule has 0 radical (unpaired) electrons. The van der Waals surface area contributed by atoms with Gasteiger partial charge in [-0.25, -0.2) is 4.68 Å². The van der Waals surface area contributed by atoms with Crippen LogP contribution in [-0.2, 0) is 4.74 Å². The highest BCUT2D eigenvalue weighted by atomic mass is 35.5. The molecule has 7 heteroatoms. The van der Waals surface area contributed by atoms with Crippen molar-refractivity contribution < 1.29 is 4.74 Å². The van der Waals surface area contributed by atoms with E-state index in [9.17, 15) is 0 Å². The highest BCUT2D eigenvalue weighted by molar-refractivity contribution is 7.07. The molecule has 0 spiro atoms. The molecule has 31 heavy (non-hydrogen) atoms. The predicted octanol–water partition coefficient (Wildman–Crippen LogP) is 4.60. The summed E-state index contributed by atoms with van der Waals surface area (Å²) in [5, 5.41) is 7.66. The Bertz CT molecular complexity index is 1110. The van der Waals surface area contributed by atoms with E-state index in [2.05, 4.69) is 42.3 Å². The molecule has 0 N–H and O–H groups in total. The smallest absolute Gasteiger partial charge is 0.206 e. The summed E-state index contributed by atoms with van der Waals surface area (Å²) in [4.78, 5) is 8.15. The molecule has 4 rings (SSSR count). The summed E-state index contributed by atoms with van der Waals surface area (Å²) >= 11 is 7.70. The summed E-state index contributed by atoms with van der Waals surface area (Å²) in [6.45, 7) is 9.44. The monoisotopic (exact) mass is 454 g/mol. The first-order valence-corrected chi connectivity index (χ1v) is 11.7. The van der Waals surface area contributed by atoms with Gasteiger partial charge in [0.2, 0.25) is 4.80 Å². The van der Waals surface area contributed by atoms with E-state index in [4.69, 9.17) is 26.4 Å². The second-order valence-electron chi connectivity index (χ2n) is 7.66. The predicted molar refractivity (Wildman–Crippen MR) is 129 cm³/mol. The number of halogens is 1. The van der Waals surface area contributed by atoms with Gasteiger partial charge in [0.25, 0.3) is 0 Å². The van der Waals surface area contributed by atoms with Crippen LogP contribution in [0.4, 0.5) is 0 Å². The van der Waals surface area contributed by atoms with Crippen LogP contribution in [0.25, 0.3) is 11.3 Å². The fourth-order valence-electron chi connectivity index (χ4n) is 3.54. The highest BCUT2D eigenvalue weighted by Gasteiger charge is 2.10. The molecule has 0 bridgehead atoms. The lowest BCUT2D eigenvalue weighted by Gasteiger charge is -2.25. The Labute approximate surface area is 192 Å². The Morgan fingerprint density at radius 3 is 2.61 bits per heavy atom. The Morgan fingerprint density at radius 1 is 1.10 bits per heavy atom. The van der Waals surface area contributed by atoms with Gasteiger partial charge in [-0.15, -0.1) is 11.3 Å². The van der Waals surface area contributed by atoms with E-state index in [1.165, 1.54) is 11.1 Å². The third-order valence-electron chi connectivity index (χ3n) is 5.33. The summed E-state index contributed by atoms with van der Waals surface area (Å²) in [5.74, 6) is 0. The maximum Gasteiger partial charge on any atom is 0.206 e. The van der Waals surface area contributed by atoms with E-state index in [-0.39, 0.29) is 0 Å². The molecule has 3 aromatic rings. The van der Waals surface area contributed by atoms with E-state index in [0.717, 1.165) is 66.0 Å². The lowest BCUT2D eigenvalue weighted by atomic mass is 10.1. The molecule has 162 valence electrons. The summed E-state index contributed by atoms with van der Waals surface area (Å²) < 4.78 is 7.37. The van der Waals surface area contributed by atoms with Gasteiger partial charge in [-0.2, -0.15) is 5.10 Å². The number of hydrogen-bond acceptors (Lipinski definition) is 5.